The highest BCUT2D eigenvalue weighted by Crippen LogP contribution is 2.27. The minimum Gasteiger partial charge on any atom is -0.390 e. The molecule has 0 bridgehead atoms. The van der Waals surface area contributed by atoms with E-state index in [1.807, 2.05) is 12.1 Å². The van der Waals surface area contributed by atoms with Crippen LogP contribution in [0.25, 0.3) is 0 Å². The van der Waals surface area contributed by atoms with E-state index in [0.717, 1.165) is 30.3 Å². The second kappa shape index (κ2) is 6.33. The molecular formula is C16H18F3N3O. The summed E-state index contributed by atoms with van der Waals surface area (Å²) in [5.74, 6) is 0. The van der Waals surface area contributed by atoms with Crippen molar-refractivity contribution in [3.05, 3.63) is 53.3 Å². The van der Waals surface area contributed by atoms with Crippen LogP contribution in [-0.4, -0.2) is 39.0 Å². The second-order valence-corrected chi connectivity index (χ2v) is 5.83. The maximum Gasteiger partial charge on any atom is 0.435 e. The van der Waals surface area contributed by atoms with Crippen molar-refractivity contribution >= 4 is 0 Å². The minimum absolute atomic E-state index is 0.0498. The van der Waals surface area contributed by atoms with E-state index in [-0.39, 0.29) is 6.54 Å². The van der Waals surface area contributed by atoms with Gasteiger partial charge in [0.2, 0.25) is 0 Å². The number of rotatable bonds is 4. The van der Waals surface area contributed by atoms with Crippen molar-refractivity contribution in [2.75, 3.05) is 13.1 Å². The van der Waals surface area contributed by atoms with Crippen molar-refractivity contribution in [1.82, 2.24) is 14.7 Å². The van der Waals surface area contributed by atoms with Gasteiger partial charge in [0.1, 0.15) is 0 Å². The highest BCUT2D eigenvalue weighted by molar-refractivity contribution is 5.29. The zero-order valence-corrected chi connectivity index (χ0v) is 12.5. The fraction of sp³-hybridized carbons (Fsp3) is 0.438. The van der Waals surface area contributed by atoms with E-state index in [4.69, 9.17) is 0 Å². The molecule has 23 heavy (non-hydrogen) atoms. The number of β-amino-alcohol motifs (C(OH)–C–C–N with tert-alkyl or cyclic N) is 1. The standard InChI is InChI=1S/C16H18F3N3O/c17-16(18,19)15-6-8-22(20-15)11-14(23)10-21-7-5-12-3-1-2-4-13(12)9-21/h1-4,6,8,14,23H,5,7,9-11H2/t14-/m0/s1. The first-order valence-corrected chi connectivity index (χ1v) is 7.49. The molecule has 1 atom stereocenters. The number of nitrogens with zero attached hydrogens (tertiary/aromatic N) is 3. The van der Waals surface area contributed by atoms with Crippen molar-refractivity contribution in [2.45, 2.75) is 31.8 Å². The van der Waals surface area contributed by atoms with Crippen LogP contribution in [0.4, 0.5) is 13.2 Å². The summed E-state index contributed by atoms with van der Waals surface area (Å²) in [5.41, 5.74) is 1.63. The second-order valence-electron chi connectivity index (χ2n) is 5.83. The lowest BCUT2D eigenvalue weighted by molar-refractivity contribution is -0.141. The van der Waals surface area contributed by atoms with Gasteiger partial charge in [0.25, 0.3) is 0 Å². The number of benzene rings is 1. The van der Waals surface area contributed by atoms with Crippen LogP contribution in [0.1, 0.15) is 16.8 Å². The fourth-order valence-electron chi connectivity index (χ4n) is 2.90. The molecule has 2 heterocycles. The maximum absolute atomic E-state index is 12.5. The third-order valence-electron chi connectivity index (χ3n) is 4.01. The number of alkyl halides is 3. The Labute approximate surface area is 132 Å². The first kappa shape index (κ1) is 16.0. The van der Waals surface area contributed by atoms with Crippen LogP contribution in [0, 0.1) is 0 Å². The van der Waals surface area contributed by atoms with Gasteiger partial charge in [-0.2, -0.15) is 18.3 Å². The molecule has 2 aromatic rings. The molecule has 1 aliphatic rings. The molecule has 3 rings (SSSR count). The first-order valence-electron chi connectivity index (χ1n) is 7.49. The summed E-state index contributed by atoms with van der Waals surface area (Å²) in [6.07, 6.45) is -3.05. The molecule has 1 N–H and O–H groups in total. The van der Waals surface area contributed by atoms with Crippen LogP contribution < -0.4 is 0 Å². The quantitative estimate of drug-likeness (QED) is 0.938. The lowest BCUT2D eigenvalue weighted by Crippen LogP contribution is -2.38. The fourth-order valence-corrected chi connectivity index (χ4v) is 2.90. The predicted octanol–water partition coefficient (Wildman–Crippen LogP) is 2.32. The summed E-state index contributed by atoms with van der Waals surface area (Å²) in [5, 5.41) is 13.6. The summed E-state index contributed by atoms with van der Waals surface area (Å²) >= 11 is 0. The van der Waals surface area contributed by atoms with Crippen LogP contribution in [0.2, 0.25) is 0 Å². The summed E-state index contributed by atoms with van der Waals surface area (Å²) in [7, 11) is 0. The molecule has 1 aromatic heterocycles. The van der Waals surface area contributed by atoms with Gasteiger partial charge in [0.05, 0.1) is 12.6 Å². The highest BCUT2D eigenvalue weighted by atomic mass is 19.4. The molecule has 1 aliphatic heterocycles. The average molecular weight is 325 g/mol. The molecule has 7 heteroatoms. The van der Waals surface area contributed by atoms with Crippen molar-refractivity contribution in [3.63, 3.8) is 0 Å². The monoisotopic (exact) mass is 325 g/mol. The lowest BCUT2D eigenvalue weighted by atomic mass is 10.00. The zero-order valence-electron chi connectivity index (χ0n) is 12.5. The molecule has 0 fully saturated rings. The van der Waals surface area contributed by atoms with E-state index < -0.39 is 18.0 Å². The van der Waals surface area contributed by atoms with Gasteiger partial charge in [-0.3, -0.25) is 9.58 Å². The van der Waals surface area contributed by atoms with Gasteiger partial charge in [-0.1, -0.05) is 24.3 Å². The molecule has 1 aromatic carbocycles. The Kier molecular flexibility index (Phi) is 4.41. The van der Waals surface area contributed by atoms with Crippen molar-refractivity contribution < 1.29 is 18.3 Å². The average Bonchev–Trinajstić information content (AvgIpc) is 2.95. The van der Waals surface area contributed by atoms with E-state index in [1.54, 1.807) is 0 Å². The molecule has 124 valence electrons. The summed E-state index contributed by atoms with van der Waals surface area (Å²) < 4.78 is 38.7. The number of fused-ring (bicyclic) bond motifs is 1. The molecule has 0 saturated carbocycles. The van der Waals surface area contributed by atoms with E-state index in [1.165, 1.54) is 17.3 Å². The molecule has 4 nitrogen and oxygen atoms in total. The Morgan fingerprint density at radius 3 is 2.57 bits per heavy atom. The third-order valence-corrected chi connectivity index (χ3v) is 4.01. The van der Waals surface area contributed by atoms with Crippen molar-refractivity contribution in [1.29, 1.82) is 0 Å². The molecule has 0 aliphatic carbocycles. The number of aromatic nitrogens is 2. The summed E-state index contributed by atoms with van der Waals surface area (Å²) in [4.78, 5) is 2.11. The number of hydrogen-bond acceptors (Lipinski definition) is 3. The van der Waals surface area contributed by atoms with Crippen LogP contribution in [0.15, 0.2) is 36.5 Å². The van der Waals surface area contributed by atoms with Gasteiger partial charge >= 0.3 is 6.18 Å². The summed E-state index contributed by atoms with van der Waals surface area (Å²) in [6, 6.07) is 9.09. The Bertz CT molecular complexity index is 669. The van der Waals surface area contributed by atoms with Gasteiger partial charge in [-0.25, -0.2) is 0 Å². The minimum atomic E-state index is -4.45. The van der Waals surface area contributed by atoms with E-state index >= 15 is 0 Å². The Balaban J connectivity index is 1.56. The Morgan fingerprint density at radius 2 is 1.87 bits per heavy atom. The predicted molar refractivity (Wildman–Crippen MR) is 78.7 cm³/mol. The first-order chi connectivity index (χ1) is 10.9. The number of hydrogen-bond donors (Lipinski definition) is 1. The molecule has 0 spiro atoms. The summed E-state index contributed by atoms with van der Waals surface area (Å²) in [6.45, 7) is 2.05. The SMILES string of the molecule is O[C@@H](CN1CCc2ccccc2C1)Cn1ccc(C(F)(F)F)n1. The number of halogens is 3. The normalized spacial score (nSPS) is 17.0. The topological polar surface area (TPSA) is 41.3 Å². The van der Waals surface area contributed by atoms with E-state index in [9.17, 15) is 18.3 Å². The van der Waals surface area contributed by atoms with Gasteiger partial charge in [0.15, 0.2) is 5.69 Å². The van der Waals surface area contributed by atoms with Crippen LogP contribution >= 0.6 is 0 Å². The third kappa shape index (κ3) is 3.92. The highest BCUT2D eigenvalue weighted by Gasteiger charge is 2.33. The van der Waals surface area contributed by atoms with Crippen LogP contribution in [-0.2, 0) is 25.7 Å². The van der Waals surface area contributed by atoms with Gasteiger partial charge < -0.3 is 5.11 Å². The van der Waals surface area contributed by atoms with E-state index in [0.29, 0.717) is 6.54 Å². The van der Waals surface area contributed by atoms with Gasteiger partial charge in [-0.05, 0) is 23.6 Å². The van der Waals surface area contributed by atoms with Gasteiger partial charge in [0, 0.05) is 25.8 Å². The van der Waals surface area contributed by atoms with E-state index in [2.05, 4.69) is 22.1 Å². The molecular weight excluding hydrogens is 307 g/mol. The number of aliphatic hydroxyl groups is 1. The van der Waals surface area contributed by atoms with Crippen LogP contribution in [0.5, 0.6) is 0 Å². The molecule has 0 saturated heterocycles. The molecule has 0 radical (unpaired) electrons. The smallest absolute Gasteiger partial charge is 0.390 e. The van der Waals surface area contributed by atoms with Gasteiger partial charge in [-0.15, -0.1) is 0 Å². The zero-order chi connectivity index (χ0) is 16.4. The number of aliphatic hydroxyl groups excluding tert-OH is 1. The van der Waals surface area contributed by atoms with Crippen molar-refractivity contribution in [3.8, 4) is 0 Å². The van der Waals surface area contributed by atoms with Crippen molar-refractivity contribution in [2.24, 2.45) is 0 Å². The van der Waals surface area contributed by atoms with Crippen LogP contribution in [0.3, 0.4) is 0 Å². The Hall–Kier alpha value is -1.86. The lowest BCUT2D eigenvalue weighted by Gasteiger charge is -2.30. The Morgan fingerprint density at radius 1 is 1.13 bits per heavy atom. The molecule has 0 amide bonds. The maximum atomic E-state index is 12.5. The largest absolute Gasteiger partial charge is 0.435 e. The molecule has 0 unspecified atom stereocenters.